The van der Waals surface area contributed by atoms with Crippen LogP contribution in [0.2, 0.25) is 0 Å². The molecule has 12 heavy (non-hydrogen) atoms. The smallest absolute Gasteiger partial charge is 0.233 e. The molecule has 1 heteroatoms. The normalized spacial score (nSPS) is 10.0. The van der Waals surface area contributed by atoms with Crippen LogP contribution in [0.15, 0.2) is 6.07 Å². The van der Waals surface area contributed by atoms with Crippen LogP contribution in [0.5, 0.6) is 0 Å². The molecule has 0 aliphatic rings. The van der Waals surface area contributed by atoms with Crippen LogP contribution in [0.3, 0.4) is 0 Å². The van der Waals surface area contributed by atoms with E-state index >= 15 is 0 Å². The molecule has 63 valence electrons. The number of rotatable bonds is 1. The SMILES string of the molecule is Cc1cc([C]=O)c(C)c(C)c1C. The van der Waals surface area contributed by atoms with Gasteiger partial charge in [-0.1, -0.05) is 0 Å². The number of hydrogen-bond donors (Lipinski definition) is 0. The Bertz CT molecular complexity index is 324. The summed E-state index contributed by atoms with van der Waals surface area (Å²) in [7, 11) is 0. The van der Waals surface area contributed by atoms with Gasteiger partial charge in [0.25, 0.3) is 0 Å². The van der Waals surface area contributed by atoms with Crippen molar-refractivity contribution in [3.8, 4) is 0 Å². The molecule has 0 aliphatic carbocycles. The van der Waals surface area contributed by atoms with Crippen molar-refractivity contribution in [2.45, 2.75) is 27.7 Å². The summed E-state index contributed by atoms with van der Waals surface area (Å²) in [5.41, 5.74) is 5.38. The zero-order chi connectivity index (χ0) is 9.30. The van der Waals surface area contributed by atoms with Crippen LogP contribution < -0.4 is 0 Å². The van der Waals surface area contributed by atoms with E-state index in [1.54, 1.807) is 0 Å². The topological polar surface area (TPSA) is 17.1 Å². The molecule has 1 radical (unpaired) electrons. The Morgan fingerprint density at radius 1 is 1.00 bits per heavy atom. The molecular weight excluding hydrogens is 148 g/mol. The summed E-state index contributed by atoms with van der Waals surface area (Å²) in [6.07, 6.45) is 1.95. The van der Waals surface area contributed by atoms with Crippen molar-refractivity contribution < 1.29 is 4.79 Å². The maximum absolute atomic E-state index is 10.5. The largest absolute Gasteiger partial charge is 0.285 e. The Kier molecular flexibility index (Phi) is 2.32. The van der Waals surface area contributed by atoms with Gasteiger partial charge >= 0.3 is 0 Å². The second-order valence-corrected chi connectivity index (χ2v) is 3.22. The van der Waals surface area contributed by atoms with E-state index in [1.165, 1.54) is 11.1 Å². The number of hydrogen-bond acceptors (Lipinski definition) is 1. The summed E-state index contributed by atoms with van der Waals surface area (Å²) >= 11 is 0. The Morgan fingerprint density at radius 3 is 2.08 bits per heavy atom. The van der Waals surface area contributed by atoms with Gasteiger partial charge in [0.05, 0.1) is 0 Å². The molecule has 0 aliphatic heterocycles. The molecule has 0 amide bonds. The van der Waals surface area contributed by atoms with E-state index in [0.717, 1.165) is 11.1 Å². The van der Waals surface area contributed by atoms with Gasteiger partial charge in [0.2, 0.25) is 6.29 Å². The lowest BCUT2D eigenvalue weighted by molar-refractivity contribution is 0.562. The second kappa shape index (κ2) is 3.10. The standard InChI is InChI=1S/C11H13O/c1-7-5-11(6-12)10(4)9(3)8(7)2/h5H,1-4H3. The van der Waals surface area contributed by atoms with E-state index in [4.69, 9.17) is 0 Å². The molecule has 0 spiro atoms. The molecule has 1 rings (SSSR count). The van der Waals surface area contributed by atoms with Crippen LogP contribution in [0.1, 0.15) is 27.8 Å². The van der Waals surface area contributed by atoms with Crippen molar-refractivity contribution in [3.63, 3.8) is 0 Å². The quantitative estimate of drug-likeness (QED) is 0.618. The van der Waals surface area contributed by atoms with Crippen LogP contribution >= 0.6 is 0 Å². The van der Waals surface area contributed by atoms with Gasteiger partial charge in [-0.25, -0.2) is 0 Å². The summed E-state index contributed by atoms with van der Waals surface area (Å²) in [4.78, 5) is 10.5. The van der Waals surface area contributed by atoms with Crippen molar-refractivity contribution in [2.24, 2.45) is 0 Å². The van der Waals surface area contributed by atoms with E-state index < -0.39 is 0 Å². The van der Waals surface area contributed by atoms with Gasteiger partial charge in [-0.2, -0.15) is 0 Å². The van der Waals surface area contributed by atoms with Crippen molar-refractivity contribution in [2.75, 3.05) is 0 Å². The highest BCUT2D eigenvalue weighted by Gasteiger charge is 2.05. The Balaban J connectivity index is 3.49. The first-order chi connectivity index (χ1) is 5.57. The highest BCUT2D eigenvalue weighted by Crippen LogP contribution is 2.19. The fourth-order valence-corrected chi connectivity index (χ4v) is 1.32. The van der Waals surface area contributed by atoms with Crippen LogP contribution in [0, 0.1) is 27.7 Å². The Labute approximate surface area is 73.4 Å². The van der Waals surface area contributed by atoms with E-state index in [-0.39, 0.29) is 0 Å². The van der Waals surface area contributed by atoms with Crippen LogP contribution in [-0.4, -0.2) is 6.29 Å². The summed E-state index contributed by atoms with van der Waals surface area (Å²) in [6, 6.07) is 1.89. The molecule has 1 nitrogen and oxygen atoms in total. The van der Waals surface area contributed by atoms with E-state index in [0.29, 0.717) is 5.56 Å². The molecule has 0 fully saturated rings. The number of carbonyl (C=O) groups excluding carboxylic acids is 1. The van der Waals surface area contributed by atoms with Gasteiger partial charge in [-0.05, 0) is 56.0 Å². The van der Waals surface area contributed by atoms with Crippen LogP contribution in [0.4, 0.5) is 0 Å². The van der Waals surface area contributed by atoms with Gasteiger partial charge in [-0.15, -0.1) is 0 Å². The minimum Gasteiger partial charge on any atom is -0.285 e. The fraction of sp³-hybridized carbons (Fsp3) is 0.364. The monoisotopic (exact) mass is 161 g/mol. The second-order valence-electron chi connectivity index (χ2n) is 3.22. The molecule has 1 aromatic carbocycles. The molecule has 1 aromatic rings. The first-order valence-corrected chi connectivity index (χ1v) is 4.03. The third-order valence-corrected chi connectivity index (χ3v) is 2.59. The lowest BCUT2D eigenvalue weighted by atomic mass is 9.95. The average molecular weight is 161 g/mol. The van der Waals surface area contributed by atoms with Gasteiger partial charge < -0.3 is 0 Å². The molecule has 0 N–H and O–H groups in total. The predicted molar refractivity (Wildman–Crippen MR) is 50.2 cm³/mol. The molecule has 0 atom stereocenters. The number of aryl methyl sites for hydroxylation is 1. The Morgan fingerprint density at radius 2 is 1.58 bits per heavy atom. The third kappa shape index (κ3) is 1.27. The van der Waals surface area contributed by atoms with Gasteiger partial charge in [-0.3, -0.25) is 4.79 Å². The van der Waals surface area contributed by atoms with Crippen LogP contribution in [0.25, 0.3) is 0 Å². The zero-order valence-corrected chi connectivity index (χ0v) is 7.99. The van der Waals surface area contributed by atoms with Gasteiger partial charge in [0, 0.05) is 5.56 Å². The van der Waals surface area contributed by atoms with Gasteiger partial charge in [0.15, 0.2) is 0 Å². The Hall–Kier alpha value is -1.11. The average Bonchev–Trinajstić information content (AvgIpc) is 2.08. The van der Waals surface area contributed by atoms with Crippen molar-refractivity contribution >= 4 is 6.29 Å². The fourth-order valence-electron chi connectivity index (χ4n) is 1.32. The van der Waals surface area contributed by atoms with Gasteiger partial charge in [0.1, 0.15) is 0 Å². The van der Waals surface area contributed by atoms with E-state index in [1.807, 2.05) is 33.1 Å². The van der Waals surface area contributed by atoms with E-state index in [9.17, 15) is 4.79 Å². The summed E-state index contributed by atoms with van der Waals surface area (Å²) in [5.74, 6) is 0. The van der Waals surface area contributed by atoms with Crippen LogP contribution in [-0.2, 0) is 4.79 Å². The highest BCUT2D eigenvalue weighted by atomic mass is 16.1. The lowest BCUT2D eigenvalue weighted by Crippen LogP contribution is -1.96. The molecule has 0 saturated heterocycles. The predicted octanol–water partition coefficient (Wildman–Crippen LogP) is 2.38. The van der Waals surface area contributed by atoms with Crippen molar-refractivity contribution in [1.82, 2.24) is 0 Å². The van der Waals surface area contributed by atoms with Crippen molar-refractivity contribution in [1.29, 1.82) is 0 Å². The zero-order valence-electron chi connectivity index (χ0n) is 7.99. The minimum atomic E-state index is 0.690. The highest BCUT2D eigenvalue weighted by molar-refractivity contribution is 5.79. The maximum Gasteiger partial charge on any atom is 0.233 e. The van der Waals surface area contributed by atoms with Crippen molar-refractivity contribution in [3.05, 3.63) is 33.9 Å². The maximum atomic E-state index is 10.5. The molecule has 0 aromatic heterocycles. The third-order valence-electron chi connectivity index (χ3n) is 2.59. The molecular formula is C11H13O. The molecule has 0 saturated carbocycles. The summed E-state index contributed by atoms with van der Waals surface area (Å²) < 4.78 is 0. The minimum absolute atomic E-state index is 0.690. The lowest BCUT2D eigenvalue weighted by Gasteiger charge is -2.09. The van der Waals surface area contributed by atoms with E-state index in [2.05, 4.69) is 6.92 Å². The number of benzene rings is 1. The first kappa shape index (κ1) is 8.98. The molecule has 0 unspecified atom stereocenters. The molecule has 0 bridgehead atoms. The summed E-state index contributed by atoms with van der Waals surface area (Å²) in [6.45, 7) is 8.09. The first-order valence-electron chi connectivity index (χ1n) is 4.03. The summed E-state index contributed by atoms with van der Waals surface area (Å²) in [5, 5.41) is 0. The molecule has 0 heterocycles.